The van der Waals surface area contributed by atoms with Crippen LogP contribution in [0.25, 0.3) is 0 Å². The Labute approximate surface area is 144 Å². The van der Waals surface area contributed by atoms with Gasteiger partial charge in [0.05, 0.1) is 6.20 Å². The molecule has 128 valence electrons. The molecule has 3 rings (SSSR count). The smallest absolute Gasteiger partial charge is 0.244 e. The van der Waals surface area contributed by atoms with Crippen molar-refractivity contribution >= 4 is 17.5 Å². The number of aromatic nitrogens is 3. The molecular formula is C19H27N5. The first-order chi connectivity index (χ1) is 11.8. The molecule has 5 nitrogen and oxygen atoms in total. The highest BCUT2D eigenvalue weighted by Crippen LogP contribution is 2.25. The molecule has 0 radical (unpaired) electrons. The number of aryl methyl sites for hydroxylation is 1. The van der Waals surface area contributed by atoms with Crippen molar-refractivity contribution < 1.29 is 0 Å². The van der Waals surface area contributed by atoms with Crippen LogP contribution in [0.1, 0.15) is 51.0 Å². The maximum Gasteiger partial charge on any atom is 0.244 e. The molecule has 1 aromatic heterocycles. The molecule has 24 heavy (non-hydrogen) atoms. The Morgan fingerprint density at radius 1 is 1.17 bits per heavy atom. The average Bonchev–Trinajstić information content (AvgIpc) is 2.85. The van der Waals surface area contributed by atoms with E-state index in [9.17, 15) is 0 Å². The second-order valence-electron chi connectivity index (χ2n) is 6.55. The molecule has 1 aromatic carbocycles. The SMILES string of the molecule is CCN(c1cccc(C)c1)c1cnnc(NC2CCCCCC2)n1. The molecule has 5 heteroatoms. The average molecular weight is 325 g/mol. The van der Waals surface area contributed by atoms with Crippen LogP contribution in [0.5, 0.6) is 0 Å². The van der Waals surface area contributed by atoms with Crippen molar-refractivity contribution in [1.82, 2.24) is 15.2 Å². The van der Waals surface area contributed by atoms with E-state index in [0.29, 0.717) is 12.0 Å². The van der Waals surface area contributed by atoms with Crippen molar-refractivity contribution in [2.75, 3.05) is 16.8 Å². The summed E-state index contributed by atoms with van der Waals surface area (Å²) in [6, 6.07) is 8.93. The molecule has 1 saturated carbocycles. The fourth-order valence-electron chi connectivity index (χ4n) is 3.37. The zero-order valence-corrected chi connectivity index (χ0v) is 14.7. The minimum absolute atomic E-state index is 0.471. The van der Waals surface area contributed by atoms with Gasteiger partial charge >= 0.3 is 0 Å². The molecule has 1 fully saturated rings. The van der Waals surface area contributed by atoms with Crippen LogP contribution in [0, 0.1) is 6.92 Å². The normalized spacial score (nSPS) is 15.8. The molecule has 0 aliphatic heterocycles. The van der Waals surface area contributed by atoms with Gasteiger partial charge in [-0.05, 0) is 44.4 Å². The second-order valence-corrected chi connectivity index (χ2v) is 6.55. The lowest BCUT2D eigenvalue weighted by Crippen LogP contribution is -2.22. The van der Waals surface area contributed by atoms with Gasteiger partial charge in [0.25, 0.3) is 0 Å². The Kier molecular flexibility index (Phi) is 5.62. The summed E-state index contributed by atoms with van der Waals surface area (Å²) in [5, 5.41) is 11.9. The van der Waals surface area contributed by atoms with Crippen molar-refractivity contribution in [3.8, 4) is 0 Å². The van der Waals surface area contributed by atoms with Crippen LogP contribution >= 0.6 is 0 Å². The molecule has 0 unspecified atom stereocenters. The van der Waals surface area contributed by atoms with Crippen molar-refractivity contribution in [3.05, 3.63) is 36.0 Å². The van der Waals surface area contributed by atoms with E-state index in [1.54, 1.807) is 6.20 Å². The summed E-state index contributed by atoms with van der Waals surface area (Å²) in [6.07, 6.45) is 9.39. The largest absolute Gasteiger partial charge is 0.350 e. The summed E-state index contributed by atoms with van der Waals surface area (Å²) >= 11 is 0. The van der Waals surface area contributed by atoms with Crippen LogP contribution in [0.4, 0.5) is 17.5 Å². The number of hydrogen-bond acceptors (Lipinski definition) is 5. The number of nitrogens with one attached hydrogen (secondary N) is 1. The molecule has 1 aliphatic carbocycles. The molecule has 1 heterocycles. The summed E-state index contributed by atoms with van der Waals surface area (Å²) in [5.74, 6) is 1.49. The van der Waals surface area contributed by atoms with Gasteiger partial charge in [-0.1, -0.05) is 37.8 Å². The number of anilines is 3. The maximum absolute atomic E-state index is 4.72. The zero-order valence-electron chi connectivity index (χ0n) is 14.7. The van der Waals surface area contributed by atoms with E-state index in [1.807, 2.05) is 0 Å². The van der Waals surface area contributed by atoms with Crippen molar-refractivity contribution in [2.45, 2.75) is 58.4 Å². The molecule has 0 atom stereocenters. The first-order valence-corrected chi connectivity index (χ1v) is 9.06. The lowest BCUT2D eigenvalue weighted by molar-refractivity contribution is 0.613. The van der Waals surface area contributed by atoms with Crippen LogP contribution in [-0.2, 0) is 0 Å². The van der Waals surface area contributed by atoms with Gasteiger partial charge < -0.3 is 10.2 Å². The molecule has 0 amide bonds. The highest BCUT2D eigenvalue weighted by Gasteiger charge is 2.15. The molecule has 0 spiro atoms. The van der Waals surface area contributed by atoms with Gasteiger partial charge in [-0.3, -0.25) is 0 Å². The van der Waals surface area contributed by atoms with Crippen LogP contribution in [0.3, 0.4) is 0 Å². The summed E-state index contributed by atoms with van der Waals surface area (Å²) in [6.45, 7) is 5.07. The Hall–Kier alpha value is -2.17. The molecule has 2 aromatic rings. The van der Waals surface area contributed by atoms with E-state index in [2.05, 4.69) is 58.5 Å². The predicted molar refractivity (Wildman–Crippen MR) is 98.8 cm³/mol. The molecule has 0 bridgehead atoms. The van der Waals surface area contributed by atoms with E-state index < -0.39 is 0 Å². The number of benzene rings is 1. The first kappa shape index (κ1) is 16.7. The van der Waals surface area contributed by atoms with Gasteiger partial charge in [0, 0.05) is 18.3 Å². The summed E-state index contributed by atoms with van der Waals surface area (Å²) < 4.78 is 0. The van der Waals surface area contributed by atoms with Gasteiger partial charge in [0.1, 0.15) is 0 Å². The van der Waals surface area contributed by atoms with Gasteiger partial charge in [-0.2, -0.15) is 10.1 Å². The van der Waals surface area contributed by atoms with Crippen LogP contribution in [-0.4, -0.2) is 27.8 Å². The first-order valence-electron chi connectivity index (χ1n) is 9.06. The van der Waals surface area contributed by atoms with E-state index in [4.69, 9.17) is 4.98 Å². The topological polar surface area (TPSA) is 53.9 Å². The number of hydrogen-bond donors (Lipinski definition) is 1. The standard InChI is InChI=1S/C19H27N5/c1-3-24(17-12-8-9-15(2)13-17)18-14-20-23-19(22-18)21-16-10-6-4-5-7-11-16/h8-9,12-14,16H,3-7,10-11H2,1-2H3,(H,21,22,23). The Balaban J connectivity index is 1.78. The summed E-state index contributed by atoms with van der Waals surface area (Å²) in [5.41, 5.74) is 2.38. The van der Waals surface area contributed by atoms with Crippen molar-refractivity contribution in [1.29, 1.82) is 0 Å². The molecular weight excluding hydrogens is 298 g/mol. The fraction of sp³-hybridized carbons (Fsp3) is 0.526. The van der Waals surface area contributed by atoms with E-state index >= 15 is 0 Å². The van der Waals surface area contributed by atoms with E-state index in [0.717, 1.165) is 18.1 Å². The lowest BCUT2D eigenvalue weighted by Gasteiger charge is -2.23. The molecule has 0 saturated heterocycles. The molecule has 1 aliphatic rings. The zero-order chi connectivity index (χ0) is 16.8. The van der Waals surface area contributed by atoms with E-state index in [-0.39, 0.29) is 0 Å². The van der Waals surface area contributed by atoms with Gasteiger partial charge in [-0.25, -0.2) is 0 Å². The lowest BCUT2D eigenvalue weighted by atomic mass is 10.1. The third kappa shape index (κ3) is 4.22. The van der Waals surface area contributed by atoms with Crippen molar-refractivity contribution in [3.63, 3.8) is 0 Å². The minimum atomic E-state index is 0.471. The second kappa shape index (κ2) is 8.08. The summed E-state index contributed by atoms with van der Waals surface area (Å²) in [4.78, 5) is 6.88. The number of rotatable bonds is 5. The molecule has 1 N–H and O–H groups in total. The highest BCUT2D eigenvalue weighted by molar-refractivity contribution is 5.60. The Bertz CT molecular complexity index is 650. The van der Waals surface area contributed by atoms with Gasteiger partial charge in [0.15, 0.2) is 5.82 Å². The maximum atomic E-state index is 4.72. The minimum Gasteiger partial charge on any atom is -0.350 e. The van der Waals surface area contributed by atoms with Gasteiger partial charge in [0.2, 0.25) is 5.95 Å². The summed E-state index contributed by atoms with van der Waals surface area (Å²) in [7, 11) is 0. The Morgan fingerprint density at radius 3 is 2.67 bits per heavy atom. The van der Waals surface area contributed by atoms with Crippen LogP contribution < -0.4 is 10.2 Å². The third-order valence-corrected chi connectivity index (χ3v) is 4.64. The Morgan fingerprint density at radius 2 is 1.96 bits per heavy atom. The predicted octanol–water partition coefficient (Wildman–Crippen LogP) is 4.47. The van der Waals surface area contributed by atoms with Gasteiger partial charge in [-0.15, -0.1) is 5.10 Å². The third-order valence-electron chi connectivity index (χ3n) is 4.64. The highest BCUT2D eigenvalue weighted by atomic mass is 15.3. The van der Waals surface area contributed by atoms with Crippen molar-refractivity contribution in [2.24, 2.45) is 0 Å². The van der Waals surface area contributed by atoms with Crippen LogP contribution in [0.2, 0.25) is 0 Å². The van der Waals surface area contributed by atoms with E-state index in [1.165, 1.54) is 44.1 Å². The number of nitrogens with zero attached hydrogens (tertiary/aromatic N) is 4. The monoisotopic (exact) mass is 325 g/mol. The quantitative estimate of drug-likeness (QED) is 0.822. The van der Waals surface area contributed by atoms with Crippen LogP contribution in [0.15, 0.2) is 30.5 Å². The fourth-order valence-corrected chi connectivity index (χ4v) is 3.37.